The molecule has 0 fully saturated rings. The summed E-state index contributed by atoms with van der Waals surface area (Å²) in [5, 5.41) is 19.8. The first-order valence-corrected chi connectivity index (χ1v) is 11.4. The highest BCUT2D eigenvalue weighted by atomic mass is 19.1. The maximum absolute atomic E-state index is 13.7. The highest BCUT2D eigenvalue weighted by Crippen LogP contribution is 2.18. The van der Waals surface area contributed by atoms with E-state index in [1.807, 2.05) is 6.92 Å². The summed E-state index contributed by atoms with van der Waals surface area (Å²) >= 11 is 0. The average molecular weight is 492 g/mol. The van der Waals surface area contributed by atoms with E-state index < -0.39 is 23.7 Å². The van der Waals surface area contributed by atoms with E-state index in [2.05, 4.69) is 30.7 Å². The zero-order valence-corrected chi connectivity index (χ0v) is 19.8. The maximum atomic E-state index is 13.7. The molecular weight excluding hydrogens is 465 g/mol. The molecule has 0 radical (unpaired) electrons. The number of hydrogen-bond donors (Lipinski definition) is 4. The molecule has 0 saturated heterocycles. The van der Waals surface area contributed by atoms with Crippen LogP contribution in [0.2, 0.25) is 0 Å². The van der Waals surface area contributed by atoms with Crippen molar-refractivity contribution in [2.45, 2.75) is 39.3 Å². The number of nitrogens with one attached hydrogen (secondary N) is 3. The molecule has 186 valence electrons. The molecule has 4 rings (SSSR count). The lowest BCUT2D eigenvalue weighted by Gasteiger charge is -2.18. The third kappa shape index (κ3) is 5.74. The van der Waals surface area contributed by atoms with Gasteiger partial charge in [0, 0.05) is 24.4 Å². The molecule has 0 spiro atoms. The van der Waals surface area contributed by atoms with Gasteiger partial charge in [-0.3, -0.25) is 4.79 Å². The molecule has 0 aliphatic heterocycles. The van der Waals surface area contributed by atoms with Gasteiger partial charge in [-0.2, -0.15) is 0 Å². The quantitative estimate of drug-likeness (QED) is 0.268. The van der Waals surface area contributed by atoms with E-state index in [9.17, 15) is 19.1 Å². The van der Waals surface area contributed by atoms with Crippen molar-refractivity contribution in [3.63, 3.8) is 0 Å². The van der Waals surface area contributed by atoms with Crippen molar-refractivity contribution in [1.29, 1.82) is 0 Å². The predicted octanol–water partition coefficient (Wildman–Crippen LogP) is 3.04. The van der Waals surface area contributed by atoms with Gasteiger partial charge in [0.25, 0.3) is 5.91 Å². The normalized spacial score (nSPS) is 11.8. The third-order valence-corrected chi connectivity index (χ3v) is 5.69. The van der Waals surface area contributed by atoms with Gasteiger partial charge in [0.2, 0.25) is 0 Å². The Hall–Kier alpha value is -4.54. The van der Waals surface area contributed by atoms with E-state index in [4.69, 9.17) is 0 Å². The Bertz CT molecular complexity index is 1350. The summed E-state index contributed by atoms with van der Waals surface area (Å²) in [6, 6.07) is 8.58. The molecule has 10 nitrogen and oxygen atoms in total. The van der Waals surface area contributed by atoms with Crippen LogP contribution in [0.5, 0.6) is 0 Å². The van der Waals surface area contributed by atoms with Crippen LogP contribution < -0.4 is 10.6 Å². The van der Waals surface area contributed by atoms with Gasteiger partial charge in [-0.15, -0.1) is 5.10 Å². The number of aromatic amines is 1. The number of carboxylic acids is 1. The third-order valence-electron chi connectivity index (χ3n) is 5.69. The summed E-state index contributed by atoms with van der Waals surface area (Å²) in [5.74, 6) is -0.922. The van der Waals surface area contributed by atoms with Gasteiger partial charge in [0.1, 0.15) is 18.2 Å². The molecule has 36 heavy (non-hydrogen) atoms. The fourth-order valence-corrected chi connectivity index (χ4v) is 3.89. The van der Waals surface area contributed by atoms with Gasteiger partial charge < -0.3 is 20.7 Å². The summed E-state index contributed by atoms with van der Waals surface area (Å²) in [6.07, 6.45) is 5.47. The van der Waals surface area contributed by atoms with Crippen molar-refractivity contribution in [2.75, 3.05) is 5.32 Å². The highest BCUT2D eigenvalue weighted by Gasteiger charge is 2.24. The number of rotatable bonds is 10. The highest BCUT2D eigenvalue weighted by molar-refractivity contribution is 5.99. The first kappa shape index (κ1) is 24.6. The Morgan fingerprint density at radius 2 is 1.97 bits per heavy atom. The Morgan fingerprint density at radius 3 is 2.64 bits per heavy atom. The number of H-pyrrole nitrogens is 1. The van der Waals surface area contributed by atoms with Gasteiger partial charge >= 0.3 is 5.97 Å². The lowest BCUT2D eigenvalue weighted by Crippen LogP contribution is -2.42. The number of benzene rings is 2. The fraction of sp³-hybridized carbons (Fsp3) is 0.240. The number of carbonyl (C=O) groups excluding carboxylic acids is 1. The van der Waals surface area contributed by atoms with Gasteiger partial charge in [0.15, 0.2) is 11.8 Å². The Kier molecular flexibility index (Phi) is 7.38. The zero-order chi connectivity index (χ0) is 25.7. The minimum absolute atomic E-state index is 0.0821. The van der Waals surface area contributed by atoms with Crippen LogP contribution in [-0.2, 0) is 24.2 Å². The molecule has 2 aromatic carbocycles. The van der Waals surface area contributed by atoms with Crippen LogP contribution >= 0.6 is 0 Å². The van der Waals surface area contributed by atoms with Crippen LogP contribution in [0.25, 0.3) is 5.69 Å². The van der Waals surface area contributed by atoms with E-state index in [1.54, 1.807) is 54.6 Å². The Balaban J connectivity index is 1.42. The van der Waals surface area contributed by atoms with Gasteiger partial charge in [-0.25, -0.2) is 23.8 Å². The van der Waals surface area contributed by atoms with Crippen LogP contribution in [0, 0.1) is 12.7 Å². The van der Waals surface area contributed by atoms with Crippen LogP contribution in [0.3, 0.4) is 0 Å². The monoisotopic (exact) mass is 491 g/mol. The topological polar surface area (TPSA) is 138 Å². The van der Waals surface area contributed by atoms with E-state index in [1.165, 1.54) is 12.1 Å². The van der Waals surface area contributed by atoms with Crippen LogP contribution in [-0.4, -0.2) is 47.8 Å². The second-order valence-corrected chi connectivity index (χ2v) is 8.24. The maximum Gasteiger partial charge on any atom is 0.326 e. The van der Waals surface area contributed by atoms with E-state index >= 15 is 0 Å². The van der Waals surface area contributed by atoms with Crippen molar-refractivity contribution in [1.82, 2.24) is 30.0 Å². The number of amides is 1. The molecule has 4 N–H and O–H groups in total. The minimum atomic E-state index is -1.16. The van der Waals surface area contributed by atoms with Crippen molar-refractivity contribution < 1.29 is 19.1 Å². The van der Waals surface area contributed by atoms with Gasteiger partial charge in [-0.05, 0) is 54.3 Å². The molecule has 1 amide bonds. The van der Waals surface area contributed by atoms with Crippen molar-refractivity contribution in [3.05, 3.63) is 89.0 Å². The number of hydrogen-bond acceptors (Lipinski definition) is 6. The van der Waals surface area contributed by atoms with E-state index in [0.717, 1.165) is 11.3 Å². The SMILES string of the molecule is CCc1cc(F)cc(C)c1C(=O)NC(Cc1ccc(-n2cnc(CNc3ncc[nH]3)n2)cc1)C(=O)O. The number of halogens is 1. The predicted molar refractivity (Wildman–Crippen MR) is 130 cm³/mol. The first-order valence-electron chi connectivity index (χ1n) is 11.4. The number of nitrogens with zero attached hydrogens (tertiary/aromatic N) is 4. The number of aromatic nitrogens is 5. The fourth-order valence-electron chi connectivity index (χ4n) is 3.89. The smallest absolute Gasteiger partial charge is 0.326 e. The standard InChI is InChI=1S/C25H26FN7O3/c1-3-17-12-18(26)10-15(2)22(17)23(34)31-20(24(35)36)11-16-4-6-19(7-5-16)33-14-30-21(32-33)13-29-25-27-8-9-28-25/h4-10,12,14,20H,3,11,13H2,1-2H3,(H,31,34)(H,35,36)(H2,27,28,29). The molecule has 0 bridgehead atoms. The number of aliphatic carboxylic acids is 1. The summed E-state index contributed by atoms with van der Waals surface area (Å²) in [4.78, 5) is 36.1. The minimum Gasteiger partial charge on any atom is -0.480 e. The van der Waals surface area contributed by atoms with Crippen LogP contribution in [0.4, 0.5) is 10.3 Å². The number of carbonyl (C=O) groups is 2. The molecule has 11 heteroatoms. The van der Waals surface area contributed by atoms with Gasteiger partial charge in [0.05, 0.1) is 12.2 Å². The lowest BCUT2D eigenvalue weighted by molar-refractivity contribution is -0.139. The molecule has 4 aromatic rings. The molecule has 2 heterocycles. The molecule has 2 aromatic heterocycles. The molecule has 0 aliphatic carbocycles. The molecule has 0 saturated carbocycles. The summed E-state index contributed by atoms with van der Waals surface area (Å²) < 4.78 is 15.4. The summed E-state index contributed by atoms with van der Waals surface area (Å²) in [7, 11) is 0. The lowest BCUT2D eigenvalue weighted by atomic mass is 9.98. The summed E-state index contributed by atoms with van der Waals surface area (Å²) in [6.45, 7) is 3.84. The number of imidazole rings is 1. The molecule has 1 atom stereocenters. The van der Waals surface area contributed by atoms with Crippen LogP contribution in [0.1, 0.15) is 39.8 Å². The molecule has 0 aliphatic rings. The van der Waals surface area contributed by atoms with Crippen LogP contribution in [0.15, 0.2) is 55.1 Å². The first-order chi connectivity index (χ1) is 17.3. The Labute approximate surface area is 206 Å². The van der Waals surface area contributed by atoms with Crippen molar-refractivity contribution in [3.8, 4) is 5.69 Å². The van der Waals surface area contributed by atoms with Crippen molar-refractivity contribution >= 4 is 17.8 Å². The second-order valence-electron chi connectivity index (χ2n) is 8.24. The Morgan fingerprint density at radius 1 is 1.19 bits per heavy atom. The molecular formula is C25H26FN7O3. The van der Waals surface area contributed by atoms with E-state index in [-0.39, 0.29) is 6.42 Å². The summed E-state index contributed by atoms with van der Waals surface area (Å²) in [5.41, 5.74) is 2.78. The molecule has 1 unspecified atom stereocenters. The largest absolute Gasteiger partial charge is 0.480 e. The second kappa shape index (κ2) is 10.8. The number of carboxylic acid groups (broad SMARTS) is 1. The number of aryl methyl sites for hydroxylation is 2. The average Bonchev–Trinajstić information content (AvgIpc) is 3.54. The zero-order valence-electron chi connectivity index (χ0n) is 19.8. The van der Waals surface area contributed by atoms with Gasteiger partial charge in [-0.1, -0.05) is 19.1 Å². The van der Waals surface area contributed by atoms with E-state index in [0.29, 0.717) is 41.4 Å². The van der Waals surface area contributed by atoms with Crippen molar-refractivity contribution in [2.24, 2.45) is 0 Å². The number of anilines is 1.